The van der Waals surface area contributed by atoms with Gasteiger partial charge >= 0.3 is 0 Å². The van der Waals surface area contributed by atoms with E-state index in [-0.39, 0.29) is 0 Å². The Morgan fingerprint density at radius 3 is 2.62 bits per heavy atom. The van der Waals surface area contributed by atoms with Crippen LogP contribution in [0.15, 0.2) is 35.1 Å². The van der Waals surface area contributed by atoms with Crippen molar-refractivity contribution >= 4 is 33.3 Å². The minimum atomic E-state index is 0.457. The zero-order chi connectivity index (χ0) is 11.5. The van der Waals surface area contributed by atoms with Crippen molar-refractivity contribution in [2.75, 3.05) is 5.73 Å². The molecular formula is C11H9BrClN3. The van der Waals surface area contributed by atoms with Crippen LogP contribution in [-0.2, 0) is 6.42 Å². The highest BCUT2D eigenvalue weighted by Gasteiger charge is 2.04. The fourth-order valence-electron chi connectivity index (χ4n) is 1.34. The summed E-state index contributed by atoms with van der Waals surface area (Å²) in [6, 6.07) is 7.59. The van der Waals surface area contributed by atoms with Crippen molar-refractivity contribution in [1.29, 1.82) is 0 Å². The zero-order valence-corrected chi connectivity index (χ0v) is 10.7. The highest BCUT2D eigenvalue weighted by atomic mass is 79.9. The van der Waals surface area contributed by atoms with Gasteiger partial charge in [0, 0.05) is 11.4 Å². The molecule has 82 valence electrons. The molecule has 0 fully saturated rings. The first kappa shape index (κ1) is 11.4. The van der Waals surface area contributed by atoms with Gasteiger partial charge in [-0.15, -0.1) is 0 Å². The molecule has 0 amide bonds. The second kappa shape index (κ2) is 4.80. The van der Waals surface area contributed by atoms with Crippen LogP contribution in [0.25, 0.3) is 0 Å². The molecule has 0 saturated carbocycles. The van der Waals surface area contributed by atoms with Crippen LogP contribution in [-0.4, -0.2) is 9.97 Å². The Balaban J connectivity index is 2.26. The number of benzene rings is 1. The molecule has 1 aromatic carbocycles. The van der Waals surface area contributed by atoms with Gasteiger partial charge in [-0.1, -0.05) is 23.7 Å². The normalized spacial score (nSPS) is 10.4. The number of nitrogens with zero attached hydrogens (tertiary/aromatic N) is 2. The molecule has 1 heterocycles. The average molecular weight is 299 g/mol. The third-order valence-corrected chi connectivity index (χ3v) is 2.77. The number of nitrogen functional groups attached to an aromatic ring is 1. The van der Waals surface area contributed by atoms with E-state index >= 15 is 0 Å². The SMILES string of the molecule is Nc1ncc(Br)nc1Cc1ccc(Cl)cc1. The van der Waals surface area contributed by atoms with E-state index in [1.807, 2.05) is 24.3 Å². The summed E-state index contributed by atoms with van der Waals surface area (Å²) in [7, 11) is 0. The Bertz CT molecular complexity index is 499. The lowest BCUT2D eigenvalue weighted by molar-refractivity contribution is 1.02. The second-order valence-corrected chi connectivity index (χ2v) is 4.58. The summed E-state index contributed by atoms with van der Waals surface area (Å²) in [5, 5.41) is 0.719. The second-order valence-electron chi connectivity index (χ2n) is 3.33. The molecule has 2 rings (SSSR count). The van der Waals surface area contributed by atoms with E-state index < -0.39 is 0 Å². The largest absolute Gasteiger partial charge is 0.382 e. The van der Waals surface area contributed by atoms with Crippen molar-refractivity contribution in [2.24, 2.45) is 0 Å². The first-order valence-corrected chi connectivity index (χ1v) is 5.83. The molecular weight excluding hydrogens is 289 g/mol. The molecule has 0 aliphatic carbocycles. The summed E-state index contributed by atoms with van der Waals surface area (Å²) in [5.41, 5.74) is 7.61. The van der Waals surface area contributed by atoms with Crippen LogP contribution in [0.5, 0.6) is 0 Å². The fraction of sp³-hybridized carbons (Fsp3) is 0.0909. The van der Waals surface area contributed by atoms with Crippen LogP contribution in [0.1, 0.15) is 11.3 Å². The summed E-state index contributed by atoms with van der Waals surface area (Å²) in [6.07, 6.45) is 2.23. The Morgan fingerprint density at radius 1 is 1.25 bits per heavy atom. The number of aromatic nitrogens is 2. The van der Waals surface area contributed by atoms with Crippen molar-refractivity contribution < 1.29 is 0 Å². The number of rotatable bonds is 2. The summed E-state index contributed by atoms with van der Waals surface area (Å²) < 4.78 is 0.686. The third-order valence-electron chi connectivity index (χ3n) is 2.13. The third kappa shape index (κ3) is 2.71. The molecule has 2 N–H and O–H groups in total. The lowest BCUT2D eigenvalue weighted by Crippen LogP contribution is -2.02. The number of hydrogen-bond acceptors (Lipinski definition) is 3. The van der Waals surface area contributed by atoms with Gasteiger partial charge < -0.3 is 5.73 Å². The van der Waals surface area contributed by atoms with Crippen LogP contribution < -0.4 is 5.73 Å². The van der Waals surface area contributed by atoms with Crippen molar-refractivity contribution in [3.63, 3.8) is 0 Å². The lowest BCUT2D eigenvalue weighted by Gasteiger charge is -2.04. The van der Waals surface area contributed by atoms with Gasteiger partial charge in [-0.3, -0.25) is 0 Å². The quantitative estimate of drug-likeness (QED) is 0.927. The smallest absolute Gasteiger partial charge is 0.145 e. The van der Waals surface area contributed by atoms with Gasteiger partial charge in [0.2, 0.25) is 0 Å². The highest BCUT2D eigenvalue weighted by Crippen LogP contribution is 2.16. The van der Waals surface area contributed by atoms with Crippen LogP contribution in [0.4, 0.5) is 5.82 Å². The molecule has 0 aliphatic heterocycles. The maximum atomic E-state index is 5.81. The summed E-state index contributed by atoms with van der Waals surface area (Å²) in [6.45, 7) is 0. The predicted octanol–water partition coefficient (Wildman–Crippen LogP) is 3.07. The number of halogens is 2. The van der Waals surface area contributed by atoms with Crippen molar-refractivity contribution in [1.82, 2.24) is 9.97 Å². The van der Waals surface area contributed by atoms with E-state index in [9.17, 15) is 0 Å². The maximum absolute atomic E-state index is 5.81. The zero-order valence-electron chi connectivity index (χ0n) is 8.32. The first-order valence-electron chi connectivity index (χ1n) is 4.66. The molecule has 0 atom stereocenters. The van der Waals surface area contributed by atoms with Crippen LogP contribution in [0.3, 0.4) is 0 Å². The van der Waals surface area contributed by atoms with Crippen molar-refractivity contribution in [2.45, 2.75) is 6.42 Å². The summed E-state index contributed by atoms with van der Waals surface area (Å²) in [4.78, 5) is 8.32. The van der Waals surface area contributed by atoms with Gasteiger partial charge in [-0.2, -0.15) is 0 Å². The van der Waals surface area contributed by atoms with Gasteiger partial charge in [0.1, 0.15) is 10.4 Å². The number of nitrogens with two attached hydrogens (primary N) is 1. The molecule has 1 aromatic heterocycles. The molecule has 0 unspecified atom stereocenters. The lowest BCUT2D eigenvalue weighted by atomic mass is 10.1. The van der Waals surface area contributed by atoms with Crippen LogP contribution >= 0.6 is 27.5 Å². The van der Waals surface area contributed by atoms with E-state index in [1.165, 1.54) is 0 Å². The molecule has 3 nitrogen and oxygen atoms in total. The fourth-order valence-corrected chi connectivity index (χ4v) is 1.78. The number of anilines is 1. The first-order chi connectivity index (χ1) is 7.65. The van der Waals surface area contributed by atoms with Crippen LogP contribution in [0.2, 0.25) is 5.02 Å². The van der Waals surface area contributed by atoms with Gasteiger partial charge in [0.05, 0.1) is 11.9 Å². The van der Waals surface area contributed by atoms with E-state index in [0.29, 0.717) is 16.8 Å². The molecule has 16 heavy (non-hydrogen) atoms. The minimum absolute atomic E-state index is 0.457. The average Bonchev–Trinajstić information content (AvgIpc) is 2.27. The number of hydrogen-bond donors (Lipinski definition) is 1. The molecule has 0 spiro atoms. The Kier molecular flexibility index (Phi) is 3.41. The molecule has 0 saturated heterocycles. The Morgan fingerprint density at radius 2 is 1.94 bits per heavy atom. The maximum Gasteiger partial charge on any atom is 0.145 e. The molecule has 0 bridgehead atoms. The molecule has 2 aromatic rings. The van der Waals surface area contributed by atoms with E-state index in [2.05, 4.69) is 25.9 Å². The van der Waals surface area contributed by atoms with Gasteiger partial charge in [0.15, 0.2) is 0 Å². The summed E-state index contributed by atoms with van der Waals surface area (Å²) >= 11 is 9.08. The Labute approximate surface area is 107 Å². The Hall–Kier alpha value is -1.13. The monoisotopic (exact) mass is 297 g/mol. The van der Waals surface area contributed by atoms with Gasteiger partial charge in [-0.05, 0) is 33.6 Å². The minimum Gasteiger partial charge on any atom is -0.382 e. The van der Waals surface area contributed by atoms with Crippen molar-refractivity contribution in [3.05, 3.63) is 51.3 Å². The van der Waals surface area contributed by atoms with Crippen molar-refractivity contribution in [3.8, 4) is 0 Å². The summed E-state index contributed by atoms with van der Waals surface area (Å²) in [5.74, 6) is 0.457. The van der Waals surface area contributed by atoms with E-state index in [1.54, 1.807) is 6.20 Å². The predicted molar refractivity (Wildman–Crippen MR) is 68.4 cm³/mol. The standard InChI is InChI=1S/C11H9BrClN3/c12-10-6-15-11(14)9(16-10)5-7-1-3-8(13)4-2-7/h1-4,6H,5H2,(H2,14,15). The van der Waals surface area contributed by atoms with E-state index in [0.717, 1.165) is 16.3 Å². The van der Waals surface area contributed by atoms with Gasteiger partial charge in [-0.25, -0.2) is 9.97 Å². The molecule has 0 radical (unpaired) electrons. The van der Waals surface area contributed by atoms with Gasteiger partial charge in [0.25, 0.3) is 0 Å². The van der Waals surface area contributed by atoms with E-state index in [4.69, 9.17) is 17.3 Å². The van der Waals surface area contributed by atoms with Crippen LogP contribution in [0, 0.1) is 0 Å². The highest BCUT2D eigenvalue weighted by molar-refractivity contribution is 9.10. The molecule has 5 heteroatoms. The topological polar surface area (TPSA) is 51.8 Å². The molecule has 0 aliphatic rings.